The summed E-state index contributed by atoms with van der Waals surface area (Å²) < 4.78 is 13.7. The molecule has 35 heavy (non-hydrogen) atoms. The molecule has 2 fully saturated rings. The van der Waals surface area contributed by atoms with E-state index >= 15 is 0 Å². The molecule has 2 aromatic carbocycles. The molecular formula is C28H34ClFN4O. The van der Waals surface area contributed by atoms with Crippen LogP contribution in [0.1, 0.15) is 36.8 Å². The number of benzene rings is 2. The number of rotatable bonds is 6. The van der Waals surface area contributed by atoms with Gasteiger partial charge in [-0.2, -0.15) is 0 Å². The number of piperidine rings is 1. The van der Waals surface area contributed by atoms with Crippen molar-refractivity contribution >= 4 is 23.2 Å². The second kappa shape index (κ2) is 10.9. The Hall–Kier alpha value is -2.67. The number of amides is 1. The average Bonchev–Trinajstić information content (AvgIpc) is 3.33. The first-order chi connectivity index (χ1) is 16.8. The lowest BCUT2D eigenvalue weighted by molar-refractivity contribution is -0.136. The molecule has 3 N–H and O–H groups in total. The molecule has 2 aliphatic heterocycles. The van der Waals surface area contributed by atoms with E-state index in [1.54, 1.807) is 11.1 Å². The molecule has 2 aromatic rings. The second-order valence-electron chi connectivity index (χ2n) is 9.71. The number of carbonyl (C=O) groups excluding carboxylic acids is 1. The Morgan fingerprint density at radius 3 is 2.60 bits per heavy atom. The summed E-state index contributed by atoms with van der Waals surface area (Å²) in [7, 11) is 0. The summed E-state index contributed by atoms with van der Waals surface area (Å²) in [6.45, 7) is 10.9. The third-order valence-corrected chi connectivity index (χ3v) is 7.49. The molecule has 0 bridgehead atoms. The van der Waals surface area contributed by atoms with Gasteiger partial charge < -0.3 is 10.2 Å². The second-order valence-corrected chi connectivity index (χ2v) is 10.1. The van der Waals surface area contributed by atoms with E-state index in [1.807, 2.05) is 24.0 Å². The van der Waals surface area contributed by atoms with Crippen molar-refractivity contribution in [1.29, 1.82) is 0 Å². The van der Waals surface area contributed by atoms with Gasteiger partial charge in [0.25, 0.3) is 0 Å². The molecule has 5 nitrogen and oxygen atoms in total. The molecule has 0 unspecified atom stereocenters. The molecule has 2 aliphatic rings. The largest absolute Gasteiger partial charge is 0.342 e. The van der Waals surface area contributed by atoms with Crippen molar-refractivity contribution in [3.8, 4) is 0 Å². The quantitative estimate of drug-likeness (QED) is 0.329. The van der Waals surface area contributed by atoms with Gasteiger partial charge in [0.1, 0.15) is 5.82 Å². The van der Waals surface area contributed by atoms with Crippen LogP contribution in [0.2, 0.25) is 5.02 Å². The zero-order valence-corrected chi connectivity index (χ0v) is 21.2. The summed E-state index contributed by atoms with van der Waals surface area (Å²) in [6, 6.07) is 12.8. The maximum absolute atomic E-state index is 13.7. The van der Waals surface area contributed by atoms with Crippen LogP contribution in [0.25, 0.3) is 0 Å². The number of nitrogens with one attached hydrogen (secondary N) is 1. The van der Waals surface area contributed by atoms with Crippen LogP contribution in [-0.4, -0.2) is 37.0 Å². The first-order valence-electron chi connectivity index (χ1n) is 12.2. The molecule has 0 aromatic heterocycles. The molecule has 1 amide bonds. The first kappa shape index (κ1) is 25.4. The van der Waals surface area contributed by atoms with E-state index in [4.69, 9.17) is 17.4 Å². The van der Waals surface area contributed by atoms with E-state index in [2.05, 4.69) is 37.0 Å². The topological polar surface area (TPSA) is 61.6 Å². The zero-order valence-electron chi connectivity index (χ0n) is 20.4. The molecule has 0 radical (unpaired) electrons. The van der Waals surface area contributed by atoms with Crippen LogP contribution in [0, 0.1) is 24.6 Å². The van der Waals surface area contributed by atoms with Crippen molar-refractivity contribution in [3.63, 3.8) is 0 Å². The molecule has 7 heteroatoms. The summed E-state index contributed by atoms with van der Waals surface area (Å²) >= 11 is 5.99. The van der Waals surface area contributed by atoms with Crippen molar-refractivity contribution < 1.29 is 9.18 Å². The number of halogens is 2. The van der Waals surface area contributed by atoms with E-state index in [0.29, 0.717) is 25.3 Å². The zero-order chi connectivity index (χ0) is 25.1. The minimum Gasteiger partial charge on any atom is -0.342 e. The summed E-state index contributed by atoms with van der Waals surface area (Å²) in [4.78, 5) is 15.6. The number of nitrogens with zero attached hydrogens (tertiary/aromatic N) is 2. The number of hydrazine groups is 1. The molecule has 0 aliphatic carbocycles. The monoisotopic (exact) mass is 496 g/mol. The number of allylic oxidation sites excluding steroid dienone is 3. The van der Waals surface area contributed by atoms with Gasteiger partial charge in [0, 0.05) is 43.7 Å². The third-order valence-electron chi connectivity index (χ3n) is 7.20. The molecular weight excluding hydrogens is 463 g/mol. The summed E-state index contributed by atoms with van der Waals surface area (Å²) in [5.41, 5.74) is 4.87. The summed E-state index contributed by atoms with van der Waals surface area (Å²) in [5.74, 6) is 6.52. The number of carbonyl (C=O) groups is 1. The lowest BCUT2D eigenvalue weighted by Crippen LogP contribution is -2.45. The molecule has 0 saturated carbocycles. The van der Waals surface area contributed by atoms with Crippen LogP contribution >= 0.6 is 11.6 Å². The maximum atomic E-state index is 13.7. The standard InChI is InChI=1S/C28H34ClFN4O/c1-18(2)14-27(34(31)21-8-9-26(30)25(29)15-21)20-10-12-33(13-11-20)28(35)24-17-32-16-23(24)22-7-5-4-6-19(22)3/h4-9,14-15,20,23-24,32H,1,10-13,16-17,31H2,2-3H3/b27-14-/t23-,24+/m0/s1. The number of likely N-dealkylation sites (tertiary alicyclic amines) is 1. The van der Waals surface area contributed by atoms with Crippen LogP contribution in [0.5, 0.6) is 0 Å². The van der Waals surface area contributed by atoms with E-state index in [9.17, 15) is 9.18 Å². The summed E-state index contributed by atoms with van der Waals surface area (Å²) in [6.07, 6.45) is 3.56. The molecule has 2 heterocycles. The van der Waals surface area contributed by atoms with Gasteiger partial charge in [-0.05, 0) is 62.1 Å². The SMILES string of the molecule is C=C(C)/C=C(/C1CCN(C(=O)[C@@H]2CNC[C@H]2c2ccccc2C)CC1)N(N)c1ccc(F)c(Cl)c1. The molecule has 0 spiro atoms. The van der Waals surface area contributed by atoms with Gasteiger partial charge in [-0.25, -0.2) is 10.2 Å². The third kappa shape index (κ3) is 5.61. The first-order valence-corrected chi connectivity index (χ1v) is 12.6. The van der Waals surface area contributed by atoms with Crippen LogP contribution < -0.4 is 16.2 Å². The van der Waals surface area contributed by atoms with E-state index in [0.717, 1.165) is 30.7 Å². The Bertz CT molecular complexity index is 1130. The Kier molecular flexibility index (Phi) is 7.95. The highest BCUT2D eigenvalue weighted by Gasteiger charge is 2.38. The van der Waals surface area contributed by atoms with E-state index in [1.165, 1.54) is 23.3 Å². The maximum Gasteiger partial charge on any atom is 0.227 e. The lowest BCUT2D eigenvalue weighted by atomic mass is 9.84. The van der Waals surface area contributed by atoms with Crippen molar-refractivity contribution in [1.82, 2.24) is 10.2 Å². The minimum absolute atomic E-state index is 0.0291. The number of hydrogen-bond acceptors (Lipinski definition) is 4. The van der Waals surface area contributed by atoms with Crippen LogP contribution in [0.4, 0.5) is 10.1 Å². The predicted molar refractivity (Wildman–Crippen MR) is 141 cm³/mol. The molecule has 4 rings (SSSR count). The van der Waals surface area contributed by atoms with Gasteiger partial charge in [-0.3, -0.25) is 9.80 Å². The van der Waals surface area contributed by atoms with Gasteiger partial charge in [-0.15, -0.1) is 0 Å². The molecule has 186 valence electrons. The fourth-order valence-corrected chi connectivity index (χ4v) is 5.49. The fraction of sp³-hybridized carbons (Fsp3) is 0.393. The van der Waals surface area contributed by atoms with Crippen molar-refractivity contribution in [3.05, 3.63) is 88.4 Å². The smallest absolute Gasteiger partial charge is 0.227 e. The van der Waals surface area contributed by atoms with Gasteiger partial charge in [-0.1, -0.05) is 48.0 Å². The average molecular weight is 497 g/mol. The van der Waals surface area contributed by atoms with Crippen molar-refractivity contribution in [2.45, 2.75) is 32.6 Å². The molecule has 2 atom stereocenters. The molecule has 2 saturated heterocycles. The highest BCUT2D eigenvalue weighted by atomic mass is 35.5. The Balaban J connectivity index is 1.46. The highest BCUT2D eigenvalue weighted by Crippen LogP contribution is 2.35. The Labute approximate surface area is 212 Å². The van der Waals surface area contributed by atoms with Gasteiger partial charge in [0.2, 0.25) is 5.91 Å². The highest BCUT2D eigenvalue weighted by molar-refractivity contribution is 6.31. The summed E-state index contributed by atoms with van der Waals surface area (Å²) in [5, 5.41) is 5.03. The minimum atomic E-state index is -0.480. The van der Waals surface area contributed by atoms with Crippen molar-refractivity contribution in [2.75, 3.05) is 31.2 Å². The Morgan fingerprint density at radius 2 is 1.94 bits per heavy atom. The van der Waals surface area contributed by atoms with Crippen molar-refractivity contribution in [2.24, 2.45) is 17.7 Å². The number of nitrogens with two attached hydrogens (primary N) is 1. The van der Waals surface area contributed by atoms with Crippen LogP contribution in [-0.2, 0) is 4.79 Å². The van der Waals surface area contributed by atoms with Crippen LogP contribution in [0.15, 0.2) is 66.4 Å². The number of aryl methyl sites for hydroxylation is 1. The number of hydrogen-bond donors (Lipinski definition) is 2. The van der Waals surface area contributed by atoms with E-state index < -0.39 is 5.82 Å². The predicted octanol–water partition coefficient (Wildman–Crippen LogP) is 5.17. The van der Waals surface area contributed by atoms with E-state index in [-0.39, 0.29) is 28.7 Å². The Morgan fingerprint density at radius 1 is 1.23 bits per heavy atom. The van der Waals surface area contributed by atoms with Crippen LogP contribution in [0.3, 0.4) is 0 Å². The number of anilines is 1. The fourth-order valence-electron chi connectivity index (χ4n) is 5.32. The lowest BCUT2D eigenvalue weighted by Gasteiger charge is -2.37. The van der Waals surface area contributed by atoms with Gasteiger partial charge >= 0.3 is 0 Å². The normalized spacial score (nSPS) is 21.3. The van der Waals surface area contributed by atoms with Gasteiger partial charge in [0.05, 0.1) is 16.6 Å². The van der Waals surface area contributed by atoms with Gasteiger partial charge in [0.15, 0.2) is 0 Å².